The van der Waals surface area contributed by atoms with Crippen molar-refractivity contribution in [2.75, 3.05) is 13.7 Å². The predicted molar refractivity (Wildman–Crippen MR) is 156 cm³/mol. The molecule has 0 aliphatic heterocycles. The number of benzene rings is 3. The van der Waals surface area contributed by atoms with E-state index in [2.05, 4.69) is 11.4 Å². The molecule has 0 fully saturated rings. The minimum Gasteiger partial charge on any atom is -0.508 e. The fraction of sp³-hybridized carbons (Fsp3) is 0.226. The van der Waals surface area contributed by atoms with Gasteiger partial charge in [-0.1, -0.05) is 53.5 Å². The molecule has 0 unspecified atom stereocenters. The number of halogens is 2. The van der Waals surface area contributed by atoms with Gasteiger partial charge in [0.2, 0.25) is 0 Å². The van der Waals surface area contributed by atoms with Crippen molar-refractivity contribution in [3.05, 3.63) is 105 Å². The molecule has 4 aromatic rings. The fourth-order valence-electron chi connectivity index (χ4n) is 4.92. The number of carbonyl (C=O) groups is 1. The van der Waals surface area contributed by atoms with E-state index in [1.54, 1.807) is 36.1 Å². The number of allylic oxidation sites excluding steroid dienone is 1. The highest BCUT2D eigenvalue weighted by atomic mass is 35.5. The first-order valence-electron chi connectivity index (χ1n) is 12.9. The summed E-state index contributed by atoms with van der Waals surface area (Å²) in [6.07, 6.45) is 6.13. The lowest BCUT2D eigenvalue weighted by atomic mass is 10.0. The van der Waals surface area contributed by atoms with Crippen molar-refractivity contribution in [2.24, 2.45) is 0 Å². The van der Waals surface area contributed by atoms with Crippen molar-refractivity contribution in [3.8, 4) is 17.2 Å². The van der Waals surface area contributed by atoms with Crippen LogP contribution >= 0.6 is 23.2 Å². The normalized spacial score (nSPS) is 14.1. The van der Waals surface area contributed by atoms with Crippen LogP contribution in [0.1, 0.15) is 52.1 Å². The molecule has 1 amide bonds. The number of nitrogens with one attached hydrogen (secondary N) is 1. The summed E-state index contributed by atoms with van der Waals surface area (Å²) in [4.78, 5) is 13.5. The number of para-hydroxylation sites is 1. The first kappa shape index (κ1) is 26.9. The summed E-state index contributed by atoms with van der Waals surface area (Å²) in [5.41, 5.74) is 5.72. The van der Waals surface area contributed by atoms with Gasteiger partial charge in [0.15, 0.2) is 5.69 Å². The molecule has 1 aliphatic carbocycles. The second-order valence-corrected chi connectivity index (χ2v) is 10.3. The Kier molecular flexibility index (Phi) is 8.24. The highest BCUT2D eigenvalue weighted by Gasteiger charge is 2.28. The first-order valence-corrected chi connectivity index (χ1v) is 13.7. The molecular weight excluding hydrogens is 533 g/mol. The zero-order valence-corrected chi connectivity index (χ0v) is 23.1. The van der Waals surface area contributed by atoms with E-state index in [-0.39, 0.29) is 11.7 Å². The Morgan fingerprint density at radius 3 is 2.59 bits per heavy atom. The van der Waals surface area contributed by atoms with E-state index in [4.69, 9.17) is 33.0 Å². The standard InChI is InChI=1S/C31H29Cl2N3O3/c1-39-24-13-10-20(11-14-24)18-22-7-2-4-8-25-29(31(38)34-17-16-21-6-3-5-9-28(21)37)35-36(30(22)25)27-15-12-23(32)19-26(27)33/h3,5-6,9-15,18-19,37H,2,4,7-8,16-17H2,1H3,(H,34,38). The summed E-state index contributed by atoms with van der Waals surface area (Å²) in [5.74, 6) is 0.756. The molecule has 0 atom stereocenters. The maximum absolute atomic E-state index is 13.5. The van der Waals surface area contributed by atoms with Crippen LogP contribution in [0.3, 0.4) is 0 Å². The highest BCUT2D eigenvalue weighted by molar-refractivity contribution is 6.35. The number of hydrogen-bond acceptors (Lipinski definition) is 4. The molecular formula is C31H29Cl2N3O3. The molecule has 200 valence electrons. The molecule has 3 aromatic carbocycles. The number of aromatic hydroxyl groups is 1. The molecule has 1 aliphatic rings. The van der Waals surface area contributed by atoms with Gasteiger partial charge in [0.05, 0.1) is 23.5 Å². The molecule has 0 radical (unpaired) electrons. The minimum absolute atomic E-state index is 0.218. The van der Waals surface area contributed by atoms with Crippen molar-refractivity contribution < 1.29 is 14.6 Å². The van der Waals surface area contributed by atoms with Crippen molar-refractivity contribution in [3.63, 3.8) is 0 Å². The van der Waals surface area contributed by atoms with Crippen molar-refractivity contribution in [1.29, 1.82) is 0 Å². The van der Waals surface area contributed by atoms with Gasteiger partial charge in [0.1, 0.15) is 11.5 Å². The van der Waals surface area contributed by atoms with Crippen LogP contribution in [-0.4, -0.2) is 34.4 Å². The van der Waals surface area contributed by atoms with Gasteiger partial charge in [-0.15, -0.1) is 0 Å². The van der Waals surface area contributed by atoms with E-state index in [9.17, 15) is 9.90 Å². The van der Waals surface area contributed by atoms with E-state index >= 15 is 0 Å². The Labute approximate surface area is 237 Å². The van der Waals surface area contributed by atoms with Gasteiger partial charge in [-0.25, -0.2) is 4.68 Å². The highest BCUT2D eigenvalue weighted by Crippen LogP contribution is 2.37. The van der Waals surface area contributed by atoms with Crippen LogP contribution in [0.2, 0.25) is 10.0 Å². The number of hydrogen-bond donors (Lipinski definition) is 2. The zero-order chi connectivity index (χ0) is 27.4. The summed E-state index contributed by atoms with van der Waals surface area (Å²) in [6, 6.07) is 20.3. The summed E-state index contributed by atoms with van der Waals surface area (Å²) in [6.45, 7) is 0.369. The minimum atomic E-state index is -0.254. The predicted octanol–water partition coefficient (Wildman–Crippen LogP) is 7.13. The van der Waals surface area contributed by atoms with E-state index in [1.807, 2.05) is 42.5 Å². The number of amides is 1. The lowest BCUT2D eigenvalue weighted by Crippen LogP contribution is -2.27. The SMILES string of the molecule is COc1ccc(C=C2CCCCc3c(C(=O)NCCc4ccccc4O)nn(-c4ccc(Cl)cc4Cl)c32)cc1. The molecule has 5 rings (SSSR count). The smallest absolute Gasteiger partial charge is 0.272 e. The van der Waals surface area contributed by atoms with Crippen molar-refractivity contribution in [1.82, 2.24) is 15.1 Å². The number of rotatable bonds is 7. The van der Waals surface area contributed by atoms with Crippen molar-refractivity contribution >= 4 is 40.8 Å². The van der Waals surface area contributed by atoms with Gasteiger partial charge in [-0.2, -0.15) is 5.10 Å². The summed E-state index contributed by atoms with van der Waals surface area (Å²) < 4.78 is 7.10. The van der Waals surface area contributed by atoms with Gasteiger partial charge >= 0.3 is 0 Å². The molecule has 1 aromatic heterocycles. The lowest BCUT2D eigenvalue weighted by molar-refractivity contribution is 0.0947. The van der Waals surface area contributed by atoms with E-state index < -0.39 is 0 Å². The molecule has 6 nitrogen and oxygen atoms in total. The molecule has 0 saturated heterocycles. The van der Waals surface area contributed by atoms with Crippen LogP contribution in [0.5, 0.6) is 11.5 Å². The number of nitrogens with zero attached hydrogens (tertiary/aromatic N) is 2. The molecule has 2 N–H and O–H groups in total. The summed E-state index contributed by atoms with van der Waals surface area (Å²) in [7, 11) is 1.65. The van der Waals surface area contributed by atoms with Gasteiger partial charge in [-0.05, 0) is 91.3 Å². The Balaban J connectivity index is 1.55. The average molecular weight is 562 g/mol. The number of methoxy groups -OCH3 is 1. The third-order valence-electron chi connectivity index (χ3n) is 6.89. The molecule has 39 heavy (non-hydrogen) atoms. The van der Waals surface area contributed by atoms with E-state index in [1.165, 1.54) is 0 Å². The molecule has 1 heterocycles. The monoisotopic (exact) mass is 561 g/mol. The quantitative estimate of drug-likeness (QED) is 0.235. The van der Waals surface area contributed by atoms with Crippen LogP contribution in [0, 0.1) is 0 Å². The second-order valence-electron chi connectivity index (χ2n) is 9.47. The van der Waals surface area contributed by atoms with Gasteiger partial charge in [0, 0.05) is 17.1 Å². The topological polar surface area (TPSA) is 76.4 Å². The summed E-state index contributed by atoms with van der Waals surface area (Å²) >= 11 is 12.8. The second kappa shape index (κ2) is 12.0. The lowest BCUT2D eigenvalue weighted by Gasteiger charge is -2.13. The van der Waals surface area contributed by atoms with Crippen LogP contribution in [-0.2, 0) is 12.8 Å². The zero-order valence-electron chi connectivity index (χ0n) is 21.6. The largest absolute Gasteiger partial charge is 0.508 e. The number of ether oxygens (including phenoxy) is 1. The van der Waals surface area contributed by atoms with Crippen LogP contribution in [0.15, 0.2) is 66.7 Å². The summed E-state index contributed by atoms with van der Waals surface area (Å²) in [5, 5.41) is 18.9. The Bertz CT molecular complexity index is 1530. The first-order chi connectivity index (χ1) is 18.9. The Morgan fingerprint density at radius 2 is 1.85 bits per heavy atom. The van der Waals surface area contributed by atoms with Crippen LogP contribution in [0.25, 0.3) is 17.3 Å². The number of phenolic OH excluding ortho intramolecular Hbond substituents is 1. The number of phenols is 1. The number of fused-ring (bicyclic) bond motifs is 1. The van der Waals surface area contributed by atoms with Crippen LogP contribution in [0.4, 0.5) is 0 Å². The molecule has 0 spiro atoms. The van der Waals surface area contributed by atoms with Gasteiger partial charge < -0.3 is 15.2 Å². The average Bonchev–Trinajstić information content (AvgIpc) is 3.18. The molecule has 0 saturated carbocycles. The Morgan fingerprint density at radius 1 is 1.08 bits per heavy atom. The van der Waals surface area contributed by atoms with E-state index in [0.717, 1.165) is 59.4 Å². The maximum Gasteiger partial charge on any atom is 0.272 e. The van der Waals surface area contributed by atoms with Gasteiger partial charge in [-0.3, -0.25) is 4.79 Å². The van der Waals surface area contributed by atoms with Gasteiger partial charge in [0.25, 0.3) is 5.91 Å². The molecule has 8 heteroatoms. The maximum atomic E-state index is 13.5. The Hall–Kier alpha value is -3.74. The van der Waals surface area contributed by atoms with E-state index in [0.29, 0.717) is 34.4 Å². The van der Waals surface area contributed by atoms with Crippen LogP contribution < -0.4 is 10.1 Å². The van der Waals surface area contributed by atoms with Crippen molar-refractivity contribution in [2.45, 2.75) is 32.1 Å². The third kappa shape index (κ3) is 5.97. The number of aromatic nitrogens is 2. The number of carbonyl (C=O) groups excluding carboxylic acids is 1. The fourth-order valence-corrected chi connectivity index (χ4v) is 5.41. The molecule has 0 bridgehead atoms. The third-order valence-corrected chi connectivity index (χ3v) is 7.43.